The molecule has 2 aromatic rings. The van der Waals surface area contributed by atoms with Gasteiger partial charge in [0.2, 0.25) is 11.8 Å². The molecule has 132 valence electrons. The van der Waals surface area contributed by atoms with Crippen LogP contribution in [0.1, 0.15) is 18.1 Å². The van der Waals surface area contributed by atoms with Gasteiger partial charge < -0.3 is 14.5 Å². The predicted molar refractivity (Wildman–Crippen MR) is 96.9 cm³/mol. The van der Waals surface area contributed by atoms with E-state index in [1.807, 2.05) is 49.1 Å². The zero-order chi connectivity index (χ0) is 17.6. The Bertz CT molecular complexity index is 710. The molecule has 0 saturated carbocycles. The Labute approximate surface area is 148 Å². The lowest BCUT2D eigenvalue weighted by molar-refractivity contribution is -0.130. The molecule has 6 heteroatoms. The van der Waals surface area contributed by atoms with Crippen LogP contribution in [0.4, 0.5) is 5.82 Å². The van der Waals surface area contributed by atoms with E-state index in [2.05, 4.69) is 21.2 Å². The van der Waals surface area contributed by atoms with Crippen LogP contribution in [0.3, 0.4) is 0 Å². The summed E-state index contributed by atoms with van der Waals surface area (Å²) < 4.78 is 5.32. The van der Waals surface area contributed by atoms with Gasteiger partial charge in [-0.2, -0.15) is 0 Å². The second-order valence-corrected chi connectivity index (χ2v) is 6.20. The largest absolute Gasteiger partial charge is 0.477 e. The van der Waals surface area contributed by atoms with Gasteiger partial charge in [-0.25, -0.2) is 0 Å². The number of nitrogens with zero attached hydrogens (tertiary/aromatic N) is 4. The van der Waals surface area contributed by atoms with E-state index in [-0.39, 0.29) is 5.91 Å². The number of benzene rings is 1. The van der Waals surface area contributed by atoms with Crippen LogP contribution in [-0.2, 0) is 11.2 Å². The number of anilines is 1. The first-order valence-corrected chi connectivity index (χ1v) is 8.70. The molecule has 25 heavy (non-hydrogen) atoms. The monoisotopic (exact) mass is 340 g/mol. The van der Waals surface area contributed by atoms with E-state index in [1.165, 1.54) is 5.56 Å². The summed E-state index contributed by atoms with van der Waals surface area (Å²) in [5.41, 5.74) is 2.26. The zero-order valence-corrected chi connectivity index (χ0v) is 14.8. The molecule has 1 aliphatic rings. The maximum atomic E-state index is 12.5. The van der Waals surface area contributed by atoms with E-state index in [0.717, 1.165) is 24.5 Å². The number of aryl methyl sites for hydroxylation is 1. The third kappa shape index (κ3) is 4.47. The van der Waals surface area contributed by atoms with Crippen molar-refractivity contribution in [3.05, 3.63) is 47.5 Å². The number of hydrogen-bond donors (Lipinski definition) is 0. The van der Waals surface area contributed by atoms with Gasteiger partial charge in [-0.3, -0.25) is 4.79 Å². The normalized spacial score (nSPS) is 14.5. The maximum Gasteiger partial charge on any atom is 0.233 e. The van der Waals surface area contributed by atoms with Crippen molar-refractivity contribution in [2.24, 2.45) is 0 Å². The van der Waals surface area contributed by atoms with Crippen LogP contribution in [0.15, 0.2) is 36.4 Å². The van der Waals surface area contributed by atoms with Gasteiger partial charge in [0.1, 0.15) is 0 Å². The van der Waals surface area contributed by atoms with E-state index < -0.39 is 0 Å². The topological polar surface area (TPSA) is 58.6 Å². The third-order valence-electron chi connectivity index (χ3n) is 4.31. The number of ether oxygens (including phenoxy) is 1. The lowest BCUT2D eigenvalue weighted by Gasteiger charge is -2.35. The molecule has 0 bridgehead atoms. The van der Waals surface area contributed by atoms with Crippen LogP contribution in [0.25, 0.3) is 0 Å². The molecule has 1 saturated heterocycles. The van der Waals surface area contributed by atoms with Gasteiger partial charge in [0.15, 0.2) is 5.82 Å². The Morgan fingerprint density at radius 2 is 1.92 bits per heavy atom. The molecule has 2 heterocycles. The minimum Gasteiger partial charge on any atom is -0.477 e. The first kappa shape index (κ1) is 17.2. The van der Waals surface area contributed by atoms with E-state index >= 15 is 0 Å². The van der Waals surface area contributed by atoms with Gasteiger partial charge in [-0.1, -0.05) is 29.8 Å². The van der Waals surface area contributed by atoms with Crippen LogP contribution in [-0.4, -0.2) is 53.8 Å². The first-order chi connectivity index (χ1) is 12.2. The zero-order valence-electron chi connectivity index (χ0n) is 14.8. The SMILES string of the molecule is CCOc1ccc(N2CCN(C(=O)Cc3cccc(C)c3)CC2)nn1. The highest BCUT2D eigenvalue weighted by Gasteiger charge is 2.22. The van der Waals surface area contributed by atoms with Crippen molar-refractivity contribution in [2.75, 3.05) is 37.7 Å². The van der Waals surface area contributed by atoms with E-state index in [1.54, 1.807) is 0 Å². The molecule has 0 spiro atoms. The molecule has 0 N–H and O–H groups in total. The van der Waals surface area contributed by atoms with Gasteiger partial charge in [0.25, 0.3) is 0 Å². The van der Waals surface area contributed by atoms with Crippen molar-refractivity contribution in [1.82, 2.24) is 15.1 Å². The molecule has 0 atom stereocenters. The summed E-state index contributed by atoms with van der Waals surface area (Å²) in [6.07, 6.45) is 0.463. The van der Waals surface area contributed by atoms with Crippen LogP contribution in [0.2, 0.25) is 0 Å². The molecule has 6 nitrogen and oxygen atoms in total. The highest BCUT2D eigenvalue weighted by molar-refractivity contribution is 5.79. The Morgan fingerprint density at radius 3 is 2.56 bits per heavy atom. The molecule has 0 unspecified atom stereocenters. The fourth-order valence-corrected chi connectivity index (χ4v) is 3.00. The van der Waals surface area contributed by atoms with Crippen molar-refractivity contribution < 1.29 is 9.53 Å². The first-order valence-electron chi connectivity index (χ1n) is 8.70. The maximum absolute atomic E-state index is 12.5. The average Bonchev–Trinajstić information content (AvgIpc) is 2.63. The molecular formula is C19H24N4O2. The standard InChI is InChI=1S/C19H24N4O2/c1-3-25-18-8-7-17(20-21-18)22-9-11-23(12-10-22)19(24)14-16-6-4-5-15(2)13-16/h4-8,13H,3,9-12,14H2,1-2H3. The third-order valence-corrected chi connectivity index (χ3v) is 4.31. The molecule has 1 aliphatic heterocycles. The number of carbonyl (C=O) groups excluding carboxylic acids is 1. The van der Waals surface area contributed by atoms with Crippen molar-refractivity contribution in [2.45, 2.75) is 20.3 Å². The molecule has 1 amide bonds. The molecule has 1 aromatic carbocycles. The average molecular weight is 340 g/mol. The smallest absolute Gasteiger partial charge is 0.233 e. The highest BCUT2D eigenvalue weighted by Crippen LogP contribution is 2.16. The van der Waals surface area contributed by atoms with E-state index in [9.17, 15) is 4.79 Å². The van der Waals surface area contributed by atoms with Crippen LogP contribution in [0.5, 0.6) is 5.88 Å². The molecule has 0 radical (unpaired) electrons. The molecule has 0 aliphatic carbocycles. The van der Waals surface area contributed by atoms with Crippen LogP contribution in [0, 0.1) is 6.92 Å². The Morgan fingerprint density at radius 1 is 1.12 bits per heavy atom. The van der Waals surface area contributed by atoms with Crippen molar-refractivity contribution >= 4 is 11.7 Å². The molecule has 1 aromatic heterocycles. The fraction of sp³-hybridized carbons (Fsp3) is 0.421. The van der Waals surface area contributed by atoms with Crippen LogP contribution < -0.4 is 9.64 Å². The lowest BCUT2D eigenvalue weighted by atomic mass is 10.1. The van der Waals surface area contributed by atoms with Crippen molar-refractivity contribution in [1.29, 1.82) is 0 Å². The number of piperazine rings is 1. The molecule has 1 fully saturated rings. The summed E-state index contributed by atoms with van der Waals surface area (Å²) in [6.45, 7) is 7.49. The van der Waals surface area contributed by atoms with Gasteiger partial charge in [-0.15, -0.1) is 10.2 Å². The molecular weight excluding hydrogens is 316 g/mol. The second-order valence-electron chi connectivity index (χ2n) is 6.20. The Balaban J connectivity index is 1.53. The minimum absolute atomic E-state index is 0.183. The van der Waals surface area contributed by atoms with Crippen molar-refractivity contribution in [3.63, 3.8) is 0 Å². The number of rotatable bonds is 5. The summed E-state index contributed by atoms with van der Waals surface area (Å²) in [7, 11) is 0. The summed E-state index contributed by atoms with van der Waals surface area (Å²) in [5.74, 6) is 1.55. The molecule has 3 rings (SSSR count). The second kappa shape index (κ2) is 7.96. The number of amides is 1. The summed E-state index contributed by atoms with van der Waals surface area (Å²) in [4.78, 5) is 16.6. The summed E-state index contributed by atoms with van der Waals surface area (Å²) in [5, 5.41) is 8.28. The van der Waals surface area contributed by atoms with Gasteiger partial charge in [0.05, 0.1) is 13.0 Å². The minimum atomic E-state index is 0.183. The number of aromatic nitrogens is 2. The van der Waals surface area contributed by atoms with Crippen LogP contribution >= 0.6 is 0 Å². The fourth-order valence-electron chi connectivity index (χ4n) is 3.00. The summed E-state index contributed by atoms with van der Waals surface area (Å²) in [6, 6.07) is 11.9. The predicted octanol–water partition coefficient (Wildman–Crippen LogP) is 2.08. The highest BCUT2D eigenvalue weighted by atomic mass is 16.5. The van der Waals surface area contributed by atoms with Gasteiger partial charge >= 0.3 is 0 Å². The van der Waals surface area contributed by atoms with Crippen molar-refractivity contribution in [3.8, 4) is 5.88 Å². The van der Waals surface area contributed by atoms with Gasteiger partial charge in [0, 0.05) is 32.2 Å². The lowest BCUT2D eigenvalue weighted by Crippen LogP contribution is -2.49. The van der Waals surface area contributed by atoms with E-state index in [4.69, 9.17) is 4.74 Å². The Hall–Kier alpha value is -2.63. The van der Waals surface area contributed by atoms with E-state index in [0.29, 0.717) is 32.0 Å². The van der Waals surface area contributed by atoms with Gasteiger partial charge in [-0.05, 0) is 25.5 Å². The summed E-state index contributed by atoms with van der Waals surface area (Å²) >= 11 is 0. The quantitative estimate of drug-likeness (QED) is 0.834. The Kier molecular flexibility index (Phi) is 5.48. The number of carbonyl (C=O) groups is 1. The number of hydrogen-bond acceptors (Lipinski definition) is 5.